The topological polar surface area (TPSA) is 43.9 Å². The van der Waals surface area contributed by atoms with Crippen LogP contribution in [0, 0.1) is 0 Å². The zero-order valence-corrected chi connectivity index (χ0v) is 16.4. The molecule has 5 nitrogen and oxygen atoms in total. The van der Waals surface area contributed by atoms with Crippen molar-refractivity contribution in [3.63, 3.8) is 0 Å². The fourth-order valence-electron chi connectivity index (χ4n) is 4.14. The first-order valence-electron chi connectivity index (χ1n) is 10.1. The number of carbonyl (C=O) groups is 2. The minimum atomic E-state index is 0.0918. The van der Waals surface area contributed by atoms with Gasteiger partial charge in [0.1, 0.15) is 0 Å². The fraction of sp³-hybridized carbons (Fsp3) is 0.391. The van der Waals surface area contributed by atoms with Crippen molar-refractivity contribution in [3.8, 4) is 0 Å². The molecule has 0 radical (unpaired) electrons. The predicted molar refractivity (Wildman–Crippen MR) is 112 cm³/mol. The van der Waals surface area contributed by atoms with E-state index in [4.69, 9.17) is 0 Å². The second-order valence-corrected chi connectivity index (χ2v) is 7.64. The number of piperazine rings is 1. The Morgan fingerprint density at radius 2 is 1.61 bits per heavy atom. The molecule has 0 atom stereocenters. The van der Waals surface area contributed by atoms with Gasteiger partial charge in [-0.05, 0) is 55.7 Å². The largest absolute Gasteiger partial charge is 0.369 e. The Labute approximate surface area is 166 Å². The Morgan fingerprint density at radius 1 is 0.893 bits per heavy atom. The number of hydrogen-bond donors (Lipinski definition) is 0. The van der Waals surface area contributed by atoms with Gasteiger partial charge in [0, 0.05) is 49.7 Å². The summed E-state index contributed by atoms with van der Waals surface area (Å²) in [5, 5.41) is 0. The molecule has 0 unspecified atom stereocenters. The van der Waals surface area contributed by atoms with E-state index in [2.05, 4.69) is 28.0 Å². The van der Waals surface area contributed by atoms with Crippen LogP contribution in [0.1, 0.15) is 29.3 Å². The van der Waals surface area contributed by atoms with Gasteiger partial charge in [0.05, 0.1) is 6.54 Å². The van der Waals surface area contributed by atoms with Gasteiger partial charge in [-0.2, -0.15) is 0 Å². The number of nitrogens with zero attached hydrogens (tertiary/aromatic N) is 3. The summed E-state index contributed by atoms with van der Waals surface area (Å²) in [5.74, 6) is 0.292. The highest BCUT2D eigenvalue weighted by molar-refractivity contribution is 5.96. The van der Waals surface area contributed by atoms with E-state index in [1.54, 1.807) is 6.92 Å². The lowest BCUT2D eigenvalue weighted by atomic mass is 10.0. The molecule has 4 rings (SSSR count). The highest BCUT2D eigenvalue weighted by Gasteiger charge is 2.25. The van der Waals surface area contributed by atoms with Crippen LogP contribution in [-0.2, 0) is 11.2 Å². The van der Waals surface area contributed by atoms with E-state index >= 15 is 0 Å². The van der Waals surface area contributed by atoms with Crippen molar-refractivity contribution in [2.24, 2.45) is 0 Å². The summed E-state index contributed by atoms with van der Waals surface area (Å²) in [6.45, 7) is 6.41. The number of Topliss-reactive ketones (excluding diaryl/α,β-unsaturated/α-hetero) is 1. The van der Waals surface area contributed by atoms with Gasteiger partial charge < -0.3 is 9.80 Å². The average Bonchev–Trinajstić information content (AvgIpc) is 2.74. The zero-order valence-electron chi connectivity index (χ0n) is 16.4. The van der Waals surface area contributed by atoms with Crippen molar-refractivity contribution in [2.45, 2.75) is 19.8 Å². The first-order valence-corrected chi connectivity index (χ1v) is 10.1. The molecular weight excluding hydrogens is 350 g/mol. The van der Waals surface area contributed by atoms with Crippen molar-refractivity contribution < 1.29 is 9.59 Å². The van der Waals surface area contributed by atoms with E-state index in [0.717, 1.165) is 62.5 Å². The predicted octanol–water partition coefficient (Wildman–Crippen LogP) is 2.99. The first-order chi connectivity index (χ1) is 13.6. The summed E-state index contributed by atoms with van der Waals surface area (Å²) in [4.78, 5) is 30.9. The molecule has 1 fully saturated rings. The van der Waals surface area contributed by atoms with Gasteiger partial charge in [0.2, 0.25) is 5.91 Å². The van der Waals surface area contributed by atoms with E-state index in [1.165, 1.54) is 5.56 Å². The number of anilines is 2. The van der Waals surface area contributed by atoms with Crippen LogP contribution in [0.25, 0.3) is 0 Å². The lowest BCUT2D eigenvalue weighted by Crippen LogP contribution is -2.50. The van der Waals surface area contributed by atoms with Gasteiger partial charge in [-0.1, -0.05) is 18.2 Å². The van der Waals surface area contributed by atoms with Crippen molar-refractivity contribution in [2.75, 3.05) is 49.1 Å². The number of amides is 1. The summed E-state index contributed by atoms with van der Waals surface area (Å²) in [5.41, 5.74) is 4.25. The number of hydrogen-bond acceptors (Lipinski definition) is 4. The highest BCUT2D eigenvalue weighted by atomic mass is 16.2. The molecule has 0 aromatic heterocycles. The van der Waals surface area contributed by atoms with Crippen LogP contribution in [0.2, 0.25) is 0 Å². The maximum absolute atomic E-state index is 12.9. The van der Waals surface area contributed by atoms with Gasteiger partial charge in [-0.25, -0.2) is 0 Å². The number of para-hydroxylation sites is 1. The number of fused-ring (bicyclic) bond motifs is 1. The van der Waals surface area contributed by atoms with Crippen LogP contribution in [0.5, 0.6) is 0 Å². The van der Waals surface area contributed by atoms with Crippen LogP contribution in [0.4, 0.5) is 11.4 Å². The van der Waals surface area contributed by atoms with Crippen LogP contribution in [0.15, 0.2) is 48.5 Å². The van der Waals surface area contributed by atoms with E-state index in [0.29, 0.717) is 6.54 Å². The monoisotopic (exact) mass is 377 g/mol. The molecule has 2 heterocycles. The molecule has 0 bridgehead atoms. The van der Waals surface area contributed by atoms with Crippen LogP contribution in [0.3, 0.4) is 0 Å². The molecule has 2 aromatic rings. The SMILES string of the molecule is CC(=O)c1ccc(N2CCN(CC(=O)N3CCCc4ccccc43)CC2)cc1. The highest BCUT2D eigenvalue weighted by Crippen LogP contribution is 2.27. The summed E-state index contributed by atoms with van der Waals surface area (Å²) in [6, 6.07) is 16.1. The Bertz CT molecular complexity index is 854. The molecule has 2 aliphatic rings. The van der Waals surface area contributed by atoms with Gasteiger partial charge in [0.15, 0.2) is 5.78 Å². The maximum Gasteiger partial charge on any atom is 0.241 e. The molecule has 28 heavy (non-hydrogen) atoms. The molecular formula is C23H27N3O2. The third-order valence-corrected chi connectivity index (χ3v) is 5.78. The van der Waals surface area contributed by atoms with Crippen LogP contribution in [-0.4, -0.2) is 55.9 Å². The third kappa shape index (κ3) is 3.94. The van der Waals surface area contributed by atoms with Gasteiger partial charge >= 0.3 is 0 Å². The van der Waals surface area contributed by atoms with Crippen LogP contribution < -0.4 is 9.80 Å². The summed E-state index contributed by atoms with van der Waals surface area (Å²) >= 11 is 0. The Morgan fingerprint density at radius 3 is 2.32 bits per heavy atom. The normalized spacial score (nSPS) is 17.3. The molecule has 2 aliphatic heterocycles. The second kappa shape index (κ2) is 8.15. The molecule has 5 heteroatoms. The van der Waals surface area contributed by atoms with Gasteiger partial charge in [-0.3, -0.25) is 14.5 Å². The van der Waals surface area contributed by atoms with E-state index in [1.807, 2.05) is 35.2 Å². The number of rotatable bonds is 4. The molecule has 0 N–H and O–H groups in total. The Hall–Kier alpha value is -2.66. The van der Waals surface area contributed by atoms with E-state index in [-0.39, 0.29) is 11.7 Å². The standard InChI is InChI=1S/C23H27N3O2/c1-18(27)19-8-10-21(11-9-19)25-15-13-24(14-16-25)17-23(28)26-12-4-6-20-5-2-3-7-22(20)26/h2-3,5,7-11H,4,6,12-17H2,1H3. The molecule has 0 saturated carbocycles. The summed E-state index contributed by atoms with van der Waals surface area (Å²) in [6.07, 6.45) is 2.09. The third-order valence-electron chi connectivity index (χ3n) is 5.78. The molecule has 1 saturated heterocycles. The van der Waals surface area contributed by atoms with Gasteiger partial charge in [-0.15, -0.1) is 0 Å². The van der Waals surface area contributed by atoms with E-state index < -0.39 is 0 Å². The van der Waals surface area contributed by atoms with Crippen LogP contribution >= 0.6 is 0 Å². The minimum Gasteiger partial charge on any atom is -0.369 e. The molecule has 146 valence electrons. The van der Waals surface area contributed by atoms with Crippen molar-refractivity contribution >= 4 is 23.1 Å². The second-order valence-electron chi connectivity index (χ2n) is 7.64. The Balaban J connectivity index is 1.33. The molecule has 0 spiro atoms. The number of aryl methyl sites for hydroxylation is 1. The lowest BCUT2D eigenvalue weighted by molar-refractivity contribution is -0.119. The molecule has 1 amide bonds. The zero-order chi connectivity index (χ0) is 19.5. The Kier molecular flexibility index (Phi) is 5.44. The molecule has 0 aliphatic carbocycles. The van der Waals surface area contributed by atoms with E-state index in [9.17, 15) is 9.59 Å². The fourth-order valence-corrected chi connectivity index (χ4v) is 4.14. The summed E-state index contributed by atoms with van der Waals surface area (Å²) < 4.78 is 0. The number of benzene rings is 2. The number of carbonyl (C=O) groups excluding carboxylic acids is 2. The average molecular weight is 377 g/mol. The quantitative estimate of drug-likeness (QED) is 0.769. The minimum absolute atomic E-state index is 0.0918. The lowest BCUT2D eigenvalue weighted by Gasteiger charge is -2.37. The van der Waals surface area contributed by atoms with Crippen molar-refractivity contribution in [3.05, 3.63) is 59.7 Å². The first kappa shape index (κ1) is 18.7. The molecule has 2 aromatic carbocycles. The van der Waals surface area contributed by atoms with Crippen molar-refractivity contribution in [1.82, 2.24) is 4.90 Å². The maximum atomic E-state index is 12.9. The number of ketones is 1. The van der Waals surface area contributed by atoms with Crippen molar-refractivity contribution in [1.29, 1.82) is 0 Å². The van der Waals surface area contributed by atoms with Gasteiger partial charge in [0.25, 0.3) is 0 Å². The summed E-state index contributed by atoms with van der Waals surface area (Å²) in [7, 11) is 0. The smallest absolute Gasteiger partial charge is 0.241 e.